The van der Waals surface area contributed by atoms with E-state index < -0.39 is 0 Å². The van der Waals surface area contributed by atoms with Gasteiger partial charge in [-0.3, -0.25) is 0 Å². The Balaban J connectivity index is 2.11. The van der Waals surface area contributed by atoms with Gasteiger partial charge in [-0.2, -0.15) is 0 Å². The lowest BCUT2D eigenvalue weighted by Crippen LogP contribution is -2.11. The molecule has 0 radical (unpaired) electrons. The lowest BCUT2D eigenvalue weighted by Gasteiger charge is -2.11. The van der Waals surface area contributed by atoms with Gasteiger partial charge in [0, 0.05) is 9.86 Å². The van der Waals surface area contributed by atoms with E-state index in [0.717, 1.165) is 15.4 Å². The van der Waals surface area contributed by atoms with Crippen LogP contribution in [0.15, 0.2) is 59.1 Å². The van der Waals surface area contributed by atoms with Gasteiger partial charge in [0.25, 0.3) is 0 Å². The highest BCUT2D eigenvalue weighted by Crippen LogP contribution is 2.28. The highest BCUT2D eigenvalue weighted by atomic mass is 79.9. The molecular formula is C16H11BrN2OS. The molecule has 0 aliphatic rings. The molecule has 2 aromatic carbocycles. The summed E-state index contributed by atoms with van der Waals surface area (Å²) in [7, 11) is 0. The van der Waals surface area contributed by atoms with E-state index in [-0.39, 0.29) is 4.99 Å². The number of para-hydroxylation sites is 1. The number of benzene rings is 2. The molecule has 21 heavy (non-hydrogen) atoms. The summed E-state index contributed by atoms with van der Waals surface area (Å²) < 4.78 is 6.78. The fraction of sp³-hybridized carbons (Fsp3) is 0. The van der Waals surface area contributed by atoms with Crippen LogP contribution in [0.1, 0.15) is 5.56 Å². The lowest BCUT2D eigenvalue weighted by molar-refractivity contribution is 0.464. The molecule has 0 bridgehead atoms. The van der Waals surface area contributed by atoms with Crippen molar-refractivity contribution in [2.75, 3.05) is 0 Å². The summed E-state index contributed by atoms with van der Waals surface area (Å²) in [6.07, 6.45) is 0. The number of pyridine rings is 1. The van der Waals surface area contributed by atoms with Crippen LogP contribution in [0.4, 0.5) is 0 Å². The standard InChI is InChI=1S/C16H11BrN2OS/c17-11-5-3-6-12(9-11)20-16-13(15(18)21)8-10-4-1-2-7-14(10)19-16/h1-9H,(H2,18,21). The Kier molecular flexibility index (Phi) is 3.86. The van der Waals surface area contributed by atoms with E-state index >= 15 is 0 Å². The van der Waals surface area contributed by atoms with Gasteiger partial charge in [-0.15, -0.1) is 0 Å². The summed E-state index contributed by atoms with van der Waals surface area (Å²) in [4.78, 5) is 4.78. The molecule has 0 saturated heterocycles. The quantitative estimate of drug-likeness (QED) is 0.703. The first-order valence-corrected chi connectivity index (χ1v) is 7.46. The first-order chi connectivity index (χ1) is 10.1. The van der Waals surface area contributed by atoms with E-state index in [2.05, 4.69) is 20.9 Å². The Labute approximate surface area is 135 Å². The van der Waals surface area contributed by atoms with Gasteiger partial charge in [-0.25, -0.2) is 4.98 Å². The molecule has 0 aliphatic carbocycles. The van der Waals surface area contributed by atoms with Crippen LogP contribution >= 0.6 is 28.1 Å². The van der Waals surface area contributed by atoms with Crippen molar-refractivity contribution in [3.63, 3.8) is 0 Å². The molecule has 0 aliphatic heterocycles. The number of nitrogens with zero attached hydrogens (tertiary/aromatic N) is 1. The van der Waals surface area contributed by atoms with Gasteiger partial charge >= 0.3 is 0 Å². The molecule has 0 fully saturated rings. The molecule has 0 saturated carbocycles. The van der Waals surface area contributed by atoms with Crippen LogP contribution in [0.25, 0.3) is 10.9 Å². The minimum absolute atomic E-state index is 0.262. The smallest absolute Gasteiger partial charge is 0.230 e. The Morgan fingerprint density at radius 2 is 1.90 bits per heavy atom. The second kappa shape index (κ2) is 5.79. The fourth-order valence-electron chi connectivity index (χ4n) is 1.99. The predicted molar refractivity (Wildman–Crippen MR) is 91.8 cm³/mol. The van der Waals surface area contributed by atoms with Crippen LogP contribution in [0, 0.1) is 0 Å². The maximum absolute atomic E-state index is 5.85. The Morgan fingerprint density at radius 3 is 2.67 bits per heavy atom. The first kappa shape index (κ1) is 14.0. The van der Waals surface area contributed by atoms with Crippen molar-refractivity contribution < 1.29 is 4.74 Å². The minimum Gasteiger partial charge on any atom is -0.438 e. The Bertz CT molecular complexity index is 835. The molecule has 0 unspecified atom stereocenters. The van der Waals surface area contributed by atoms with E-state index in [1.807, 2.05) is 54.6 Å². The van der Waals surface area contributed by atoms with Crippen LogP contribution in [-0.2, 0) is 0 Å². The average Bonchev–Trinajstić information content (AvgIpc) is 2.46. The molecule has 2 N–H and O–H groups in total. The molecule has 5 heteroatoms. The van der Waals surface area contributed by atoms with E-state index in [9.17, 15) is 0 Å². The summed E-state index contributed by atoms with van der Waals surface area (Å²) in [6.45, 7) is 0. The largest absolute Gasteiger partial charge is 0.438 e. The molecule has 1 heterocycles. The van der Waals surface area contributed by atoms with Crippen LogP contribution in [-0.4, -0.2) is 9.97 Å². The minimum atomic E-state index is 0.262. The van der Waals surface area contributed by atoms with E-state index in [1.165, 1.54) is 0 Å². The summed E-state index contributed by atoms with van der Waals surface area (Å²) in [6, 6.07) is 17.2. The zero-order valence-corrected chi connectivity index (χ0v) is 13.3. The van der Waals surface area contributed by atoms with Gasteiger partial charge in [0.05, 0.1) is 11.1 Å². The molecular weight excluding hydrogens is 348 g/mol. The Morgan fingerprint density at radius 1 is 1.10 bits per heavy atom. The fourth-order valence-corrected chi connectivity index (χ4v) is 2.52. The Hall–Kier alpha value is -1.98. The number of hydrogen-bond donors (Lipinski definition) is 1. The van der Waals surface area contributed by atoms with Gasteiger partial charge < -0.3 is 10.5 Å². The number of hydrogen-bond acceptors (Lipinski definition) is 3. The molecule has 0 atom stereocenters. The van der Waals surface area contributed by atoms with Gasteiger partial charge in [-0.1, -0.05) is 52.4 Å². The molecule has 3 nitrogen and oxygen atoms in total. The predicted octanol–water partition coefficient (Wildman–Crippen LogP) is 4.42. The monoisotopic (exact) mass is 358 g/mol. The third-order valence-electron chi connectivity index (χ3n) is 2.97. The second-order valence-electron chi connectivity index (χ2n) is 4.46. The number of thiocarbonyl (C=S) groups is 1. The highest BCUT2D eigenvalue weighted by molar-refractivity contribution is 9.10. The maximum Gasteiger partial charge on any atom is 0.230 e. The molecule has 104 valence electrons. The van der Waals surface area contributed by atoms with Gasteiger partial charge in [0.15, 0.2) is 0 Å². The summed E-state index contributed by atoms with van der Waals surface area (Å²) in [5, 5.41) is 0.974. The van der Waals surface area contributed by atoms with Crippen molar-refractivity contribution in [1.82, 2.24) is 4.98 Å². The van der Waals surface area contributed by atoms with E-state index in [1.54, 1.807) is 0 Å². The van der Waals surface area contributed by atoms with Crippen LogP contribution in [0.5, 0.6) is 11.6 Å². The average molecular weight is 359 g/mol. The number of halogens is 1. The molecule has 0 spiro atoms. The van der Waals surface area contributed by atoms with Gasteiger partial charge in [0.1, 0.15) is 10.7 Å². The van der Waals surface area contributed by atoms with Crippen molar-refractivity contribution >= 4 is 44.0 Å². The highest BCUT2D eigenvalue weighted by Gasteiger charge is 2.11. The summed E-state index contributed by atoms with van der Waals surface area (Å²) in [5.74, 6) is 1.09. The second-order valence-corrected chi connectivity index (χ2v) is 5.81. The van der Waals surface area contributed by atoms with Crippen LogP contribution < -0.4 is 10.5 Å². The molecule has 3 rings (SSSR count). The third-order valence-corrected chi connectivity index (χ3v) is 3.68. The third kappa shape index (κ3) is 3.04. The van der Waals surface area contributed by atoms with Gasteiger partial charge in [-0.05, 0) is 30.3 Å². The van der Waals surface area contributed by atoms with Crippen molar-refractivity contribution in [3.05, 3.63) is 64.6 Å². The van der Waals surface area contributed by atoms with Crippen molar-refractivity contribution in [2.24, 2.45) is 5.73 Å². The van der Waals surface area contributed by atoms with Crippen molar-refractivity contribution in [2.45, 2.75) is 0 Å². The SMILES string of the molecule is NC(=S)c1cc2ccccc2nc1Oc1cccc(Br)c1. The van der Waals surface area contributed by atoms with Gasteiger partial charge in [0.2, 0.25) is 5.88 Å². The summed E-state index contributed by atoms with van der Waals surface area (Å²) in [5.41, 5.74) is 7.26. The number of rotatable bonds is 3. The molecule has 3 aromatic rings. The maximum atomic E-state index is 5.85. The van der Waals surface area contributed by atoms with E-state index in [0.29, 0.717) is 17.2 Å². The van der Waals surface area contributed by atoms with Crippen LogP contribution in [0.2, 0.25) is 0 Å². The topological polar surface area (TPSA) is 48.1 Å². The first-order valence-electron chi connectivity index (χ1n) is 6.26. The zero-order chi connectivity index (χ0) is 14.8. The molecule has 0 amide bonds. The van der Waals surface area contributed by atoms with E-state index in [4.69, 9.17) is 22.7 Å². The number of aromatic nitrogens is 1. The number of ether oxygens (including phenoxy) is 1. The van der Waals surface area contributed by atoms with Crippen molar-refractivity contribution in [3.8, 4) is 11.6 Å². The van der Waals surface area contributed by atoms with Crippen molar-refractivity contribution in [1.29, 1.82) is 0 Å². The normalized spacial score (nSPS) is 10.5. The molecule has 1 aromatic heterocycles. The number of nitrogens with two attached hydrogens (primary N) is 1. The zero-order valence-electron chi connectivity index (χ0n) is 10.9. The number of fused-ring (bicyclic) bond motifs is 1. The lowest BCUT2D eigenvalue weighted by atomic mass is 10.1. The van der Waals surface area contributed by atoms with Crippen LogP contribution in [0.3, 0.4) is 0 Å². The summed E-state index contributed by atoms with van der Waals surface area (Å²) >= 11 is 8.51.